The molecule has 168 valence electrons. The zero-order chi connectivity index (χ0) is 23.2. The number of carbonyl (C=O) groups is 2. The van der Waals surface area contributed by atoms with E-state index in [-0.39, 0.29) is 17.4 Å². The molecule has 1 amide bonds. The van der Waals surface area contributed by atoms with Crippen molar-refractivity contribution in [1.82, 2.24) is 14.9 Å². The molecule has 0 radical (unpaired) electrons. The van der Waals surface area contributed by atoms with E-state index in [2.05, 4.69) is 10.3 Å². The van der Waals surface area contributed by atoms with Gasteiger partial charge < -0.3 is 14.5 Å². The van der Waals surface area contributed by atoms with Crippen molar-refractivity contribution in [1.29, 1.82) is 0 Å². The summed E-state index contributed by atoms with van der Waals surface area (Å²) >= 11 is 1.34. The van der Waals surface area contributed by atoms with Gasteiger partial charge in [0.15, 0.2) is 10.9 Å². The van der Waals surface area contributed by atoms with Crippen LogP contribution in [0.15, 0.2) is 82.6 Å². The van der Waals surface area contributed by atoms with E-state index in [1.165, 1.54) is 11.8 Å². The fraction of sp³-hybridized carbons (Fsp3) is 0.160. The van der Waals surface area contributed by atoms with Crippen LogP contribution in [-0.2, 0) is 6.54 Å². The molecule has 2 aromatic heterocycles. The molecule has 33 heavy (non-hydrogen) atoms. The number of amides is 1. The van der Waals surface area contributed by atoms with Crippen LogP contribution in [0.3, 0.4) is 0 Å². The third-order valence-corrected chi connectivity index (χ3v) is 5.92. The highest BCUT2D eigenvalue weighted by Crippen LogP contribution is 2.23. The summed E-state index contributed by atoms with van der Waals surface area (Å²) < 4.78 is 12.5. The lowest BCUT2D eigenvalue weighted by Crippen LogP contribution is -2.22. The minimum Gasteiger partial charge on any atom is -0.497 e. The molecule has 8 heteroatoms. The molecule has 0 atom stereocenters. The van der Waals surface area contributed by atoms with Gasteiger partial charge in [0.05, 0.1) is 19.4 Å². The quantitative estimate of drug-likeness (QED) is 0.288. The second-order valence-electron chi connectivity index (χ2n) is 7.27. The molecule has 0 aliphatic heterocycles. The lowest BCUT2D eigenvalue weighted by molar-refractivity contribution is 0.0947. The average Bonchev–Trinajstić information content (AvgIpc) is 3.49. The maximum atomic E-state index is 12.6. The number of nitrogens with zero attached hydrogens (tertiary/aromatic N) is 2. The molecule has 0 aliphatic rings. The molecular formula is C25H23N3O4S. The zero-order valence-electron chi connectivity index (χ0n) is 18.3. The number of rotatable bonds is 9. The van der Waals surface area contributed by atoms with Gasteiger partial charge in [-0.15, -0.1) is 0 Å². The molecule has 1 N–H and O–H groups in total. The van der Waals surface area contributed by atoms with Crippen LogP contribution in [0.25, 0.3) is 5.69 Å². The standard InChI is InChI=1S/C25H23N3O4S/c1-17-6-9-22(32-17)15-27-24(30)19-4-3-5-20(14-19)28-13-12-26-25(28)33-16-23(29)18-7-10-21(31-2)11-8-18/h3-14H,15-16H2,1-2H3,(H,27,30). The summed E-state index contributed by atoms with van der Waals surface area (Å²) in [5.74, 6) is 2.25. The lowest BCUT2D eigenvalue weighted by Gasteiger charge is -2.10. The fourth-order valence-corrected chi connectivity index (χ4v) is 4.10. The number of methoxy groups -OCH3 is 1. The smallest absolute Gasteiger partial charge is 0.251 e. The highest BCUT2D eigenvalue weighted by molar-refractivity contribution is 7.99. The molecule has 4 rings (SSSR count). The van der Waals surface area contributed by atoms with Crippen LogP contribution >= 0.6 is 11.8 Å². The molecule has 7 nitrogen and oxygen atoms in total. The minimum atomic E-state index is -0.199. The van der Waals surface area contributed by atoms with Gasteiger partial charge in [0.2, 0.25) is 0 Å². The van der Waals surface area contributed by atoms with Crippen LogP contribution in [0.1, 0.15) is 32.2 Å². The summed E-state index contributed by atoms with van der Waals surface area (Å²) in [4.78, 5) is 29.6. The van der Waals surface area contributed by atoms with Crippen molar-refractivity contribution in [3.05, 3.63) is 95.7 Å². The number of ether oxygens (including phenoxy) is 1. The van der Waals surface area contributed by atoms with Gasteiger partial charge in [-0.3, -0.25) is 14.2 Å². The molecule has 0 saturated heterocycles. The first kappa shape index (κ1) is 22.4. The lowest BCUT2D eigenvalue weighted by atomic mass is 10.1. The van der Waals surface area contributed by atoms with Crippen LogP contribution in [0.5, 0.6) is 5.75 Å². The molecule has 0 fully saturated rings. The monoisotopic (exact) mass is 461 g/mol. The van der Waals surface area contributed by atoms with Gasteiger partial charge in [-0.2, -0.15) is 0 Å². The van der Waals surface area contributed by atoms with Crippen LogP contribution in [-0.4, -0.2) is 34.1 Å². The van der Waals surface area contributed by atoms with Crippen molar-refractivity contribution in [2.24, 2.45) is 0 Å². The van der Waals surface area contributed by atoms with Gasteiger partial charge >= 0.3 is 0 Å². The Balaban J connectivity index is 1.42. The number of Topliss-reactive ketones (excluding diaryl/α,β-unsaturated/α-hetero) is 1. The Morgan fingerprint density at radius 1 is 1.09 bits per heavy atom. The van der Waals surface area contributed by atoms with Crippen LogP contribution in [0, 0.1) is 6.92 Å². The largest absolute Gasteiger partial charge is 0.497 e. The first-order valence-corrected chi connectivity index (χ1v) is 11.3. The predicted molar refractivity (Wildman–Crippen MR) is 126 cm³/mol. The number of thioether (sulfide) groups is 1. The molecule has 0 unspecified atom stereocenters. The Morgan fingerprint density at radius 3 is 2.64 bits per heavy atom. The van der Waals surface area contributed by atoms with Crippen molar-refractivity contribution < 1.29 is 18.7 Å². The summed E-state index contributed by atoms with van der Waals surface area (Å²) in [5.41, 5.74) is 1.93. The number of imidazole rings is 1. The summed E-state index contributed by atoms with van der Waals surface area (Å²) in [5, 5.41) is 3.53. The van der Waals surface area contributed by atoms with E-state index in [1.54, 1.807) is 49.7 Å². The third kappa shape index (κ3) is 5.53. The van der Waals surface area contributed by atoms with Crippen molar-refractivity contribution in [3.63, 3.8) is 0 Å². The first-order chi connectivity index (χ1) is 16.0. The molecule has 0 spiro atoms. The number of carbonyl (C=O) groups excluding carboxylic acids is 2. The molecule has 2 heterocycles. The van der Waals surface area contributed by atoms with E-state index >= 15 is 0 Å². The number of hydrogen-bond donors (Lipinski definition) is 1. The normalized spacial score (nSPS) is 10.7. The number of ketones is 1. The summed E-state index contributed by atoms with van der Waals surface area (Å²) in [6.07, 6.45) is 3.48. The van der Waals surface area contributed by atoms with Gasteiger partial charge in [-0.25, -0.2) is 4.98 Å². The van der Waals surface area contributed by atoms with Gasteiger partial charge in [0.1, 0.15) is 17.3 Å². The summed E-state index contributed by atoms with van der Waals surface area (Å²) in [6, 6.07) is 18.0. The third-order valence-electron chi connectivity index (χ3n) is 4.96. The van der Waals surface area contributed by atoms with Crippen molar-refractivity contribution in [3.8, 4) is 11.4 Å². The fourth-order valence-electron chi connectivity index (χ4n) is 3.23. The molecule has 0 aliphatic carbocycles. The van der Waals surface area contributed by atoms with Crippen LogP contribution in [0.2, 0.25) is 0 Å². The number of aryl methyl sites for hydroxylation is 1. The van der Waals surface area contributed by atoms with E-state index in [0.717, 1.165) is 11.4 Å². The van der Waals surface area contributed by atoms with Crippen LogP contribution in [0.4, 0.5) is 0 Å². The second-order valence-corrected chi connectivity index (χ2v) is 8.21. The van der Waals surface area contributed by atoms with Crippen molar-refractivity contribution in [2.75, 3.05) is 12.9 Å². The summed E-state index contributed by atoms with van der Waals surface area (Å²) in [6.45, 7) is 2.18. The van der Waals surface area contributed by atoms with E-state index in [9.17, 15) is 9.59 Å². The highest BCUT2D eigenvalue weighted by atomic mass is 32.2. The number of nitrogens with one attached hydrogen (secondary N) is 1. The van der Waals surface area contributed by atoms with Gasteiger partial charge in [-0.1, -0.05) is 17.8 Å². The SMILES string of the molecule is COc1ccc(C(=O)CSc2nccn2-c2cccc(C(=O)NCc3ccc(C)o3)c2)cc1. The maximum absolute atomic E-state index is 12.6. The Kier molecular flexibility index (Phi) is 6.95. The molecule has 0 bridgehead atoms. The highest BCUT2D eigenvalue weighted by Gasteiger charge is 2.13. The first-order valence-electron chi connectivity index (χ1n) is 10.3. The van der Waals surface area contributed by atoms with E-state index in [1.807, 2.05) is 42.0 Å². The Hall–Kier alpha value is -3.78. The number of benzene rings is 2. The van der Waals surface area contributed by atoms with Crippen LogP contribution < -0.4 is 10.1 Å². The Bertz CT molecular complexity index is 1260. The number of furan rings is 1. The summed E-state index contributed by atoms with van der Waals surface area (Å²) in [7, 11) is 1.59. The number of aromatic nitrogens is 2. The topological polar surface area (TPSA) is 86.4 Å². The van der Waals surface area contributed by atoms with E-state index in [0.29, 0.717) is 34.3 Å². The molecule has 4 aromatic rings. The van der Waals surface area contributed by atoms with E-state index in [4.69, 9.17) is 9.15 Å². The Morgan fingerprint density at radius 2 is 1.91 bits per heavy atom. The molecular weight excluding hydrogens is 438 g/mol. The molecule has 2 aromatic carbocycles. The predicted octanol–water partition coefficient (Wildman–Crippen LogP) is 4.69. The van der Waals surface area contributed by atoms with Gasteiger partial charge in [0, 0.05) is 29.2 Å². The van der Waals surface area contributed by atoms with Gasteiger partial charge in [-0.05, 0) is 61.5 Å². The van der Waals surface area contributed by atoms with Gasteiger partial charge in [0.25, 0.3) is 5.91 Å². The van der Waals surface area contributed by atoms with Crippen molar-refractivity contribution >= 4 is 23.5 Å². The second kappa shape index (κ2) is 10.2. The van der Waals surface area contributed by atoms with Crippen molar-refractivity contribution in [2.45, 2.75) is 18.6 Å². The number of hydrogen-bond acceptors (Lipinski definition) is 6. The molecule has 0 saturated carbocycles. The zero-order valence-corrected chi connectivity index (χ0v) is 19.1. The Labute approximate surface area is 195 Å². The van der Waals surface area contributed by atoms with E-state index < -0.39 is 0 Å². The maximum Gasteiger partial charge on any atom is 0.251 e. The average molecular weight is 462 g/mol. The minimum absolute atomic E-state index is 0.00139.